The van der Waals surface area contributed by atoms with Gasteiger partial charge in [-0.1, -0.05) is 12.1 Å². The number of carboxylic acids is 1. The van der Waals surface area contributed by atoms with Crippen LogP contribution in [0, 0.1) is 5.92 Å². The van der Waals surface area contributed by atoms with E-state index in [1.807, 2.05) is 0 Å². The standard InChI is InChI=1S/C9H16N6O3/c1-5(8(16)17)3-4-10-9(18)11-6(2)7-12-14-15-13-7/h5-6H,3-4H2,1-2H3,(H,16,17)(H2,10,11,18)(H,12,13,14,15). The predicted octanol–water partition coefficient (Wildman–Crippen LogP) is -0.329. The number of H-pyrrole nitrogens is 1. The molecule has 1 aromatic heterocycles. The molecule has 0 fully saturated rings. The molecule has 100 valence electrons. The number of aliphatic carboxylic acids is 1. The average Bonchev–Trinajstić information content (AvgIpc) is 2.81. The van der Waals surface area contributed by atoms with Crippen molar-refractivity contribution >= 4 is 12.0 Å². The van der Waals surface area contributed by atoms with Crippen molar-refractivity contribution in [2.75, 3.05) is 6.54 Å². The molecule has 0 radical (unpaired) electrons. The molecule has 2 atom stereocenters. The zero-order valence-electron chi connectivity index (χ0n) is 10.2. The number of hydrogen-bond donors (Lipinski definition) is 4. The van der Waals surface area contributed by atoms with Crippen molar-refractivity contribution in [1.29, 1.82) is 0 Å². The Hall–Kier alpha value is -2.19. The Morgan fingerprint density at radius 3 is 2.72 bits per heavy atom. The molecule has 1 aromatic rings. The highest BCUT2D eigenvalue weighted by Gasteiger charge is 2.14. The Labute approximate surface area is 103 Å². The summed E-state index contributed by atoms with van der Waals surface area (Å²) in [5.41, 5.74) is 0. The van der Waals surface area contributed by atoms with E-state index in [4.69, 9.17) is 5.11 Å². The molecule has 0 saturated heterocycles. The molecule has 0 aliphatic rings. The number of amides is 2. The second kappa shape index (κ2) is 6.52. The van der Waals surface area contributed by atoms with Crippen molar-refractivity contribution in [2.45, 2.75) is 26.3 Å². The first-order valence-electron chi connectivity index (χ1n) is 5.51. The molecule has 0 aliphatic heterocycles. The Morgan fingerprint density at radius 1 is 1.44 bits per heavy atom. The van der Waals surface area contributed by atoms with Gasteiger partial charge in [-0.25, -0.2) is 4.79 Å². The number of rotatable bonds is 6. The quantitative estimate of drug-likeness (QED) is 0.550. The molecule has 0 saturated carbocycles. The van der Waals surface area contributed by atoms with Gasteiger partial charge in [-0.2, -0.15) is 5.21 Å². The van der Waals surface area contributed by atoms with Crippen LogP contribution in [0.1, 0.15) is 32.1 Å². The van der Waals surface area contributed by atoms with Gasteiger partial charge in [0.05, 0.1) is 12.0 Å². The maximum atomic E-state index is 11.4. The number of nitrogens with one attached hydrogen (secondary N) is 3. The van der Waals surface area contributed by atoms with Crippen molar-refractivity contribution in [3.8, 4) is 0 Å². The van der Waals surface area contributed by atoms with Gasteiger partial charge in [-0.3, -0.25) is 4.79 Å². The Morgan fingerprint density at radius 2 is 2.17 bits per heavy atom. The van der Waals surface area contributed by atoms with Gasteiger partial charge in [0.15, 0.2) is 5.82 Å². The molecule has 1 rings (SSSR count). The summed E-state index contributed by atoms with van der Waals surface area (Å²) in [5.74, 6) is -0.985. The Bertz CT molecular complexity index is 393. The molecule has 18 heavy (non-hydrogen) atoms. The Balaban J connectivity index is 2.24. The predicted molar refractivity (Wildman–Crippen MR) is 60.5 cm³/mol. The number of carbonyl (C=O) groups is 2. The van der Waals surface area contributed by atoms with Crippen LogP contribution in [0.15, 0.2) is 0 Å². The van der Waals surface area contributed by atoms with Crippen molar-refractivity contribution in [3.63, 3.8) is 0 Å². The van der Waals surface area contributed by atoms with Gasteiger partial charge in [0, 0.05) is 6.54 Å². The first kappa shape index (κ1) is 13.9. The first-order valence-corrected chi connectivity index (χ1v) is 5.51. The van der Waals surface area contributed by atoms with Gasteiger partial charge in [-0.15, -0.1) is 10.2 Å². The number of hydrogen-bond acceptors (Lipinski definition) is 5. The lowest BCUT2D eigenvalue weighted by Gasteiger charge is -2.12. The van der Waals surface area contributed by atoms with Gasteiger partial charge in [0.25, 0.3) is 0 Å². The molecule has 1 heterocycles. The molecule has 2 unspecified atom stereocenters. The SMILES string of the molecule is CC(CCNC(=O)NC(C)c1nn[nH]n1)C(=O)O. The lowest BCUT2D eigenvalue weighted by atomic mass is 10.1. The number of aromatic nitrogens is 4. The minimum absolute atomic E-state index is 0.290. The molecular formula is C9H16N6O3. The number of nitrogens with zero attached hydrogens (tertiary/aromatic N) is 3. The third-order valence-electron chi connectivity index (χ3n) is 2.38. The van der Waals surface area contributed by atoms with Crippen molar-refractivity contribution < 1.29 is 14.7 Å². The van der Waals surface area contributed by atoms with Crippen LogP contribution in [-0.4, -0.2) is 44.3 Å². The highest BCUT2D eigenvalue weighted by molar-refractivity contribution is 5.74. The second-order valence-corrected chi connectivity index (χ2v) is 3.92. The molecule has 2 amide bonds. The lowest BCUT2D eigenvalue weighted by molar-refractivity contribution is -0.141. The fraction of sp³-hybridized carbons (Fsp3) is 0.667. The van der Waals surface area contributed by atoms with Gasteiger partial charge in [0.2, 0.25) is 0 Å². The van der Waals surface area contributed by atoms with E-state index in [0.717, 1.165) is 0 Å². The average molecular weight is 256 g/mol. The second-order valence-electron chi connectivity index (χ2n) is 3.92. The molecule has 0 bridgehead atoms. The number of aromatic amines is 1. The third-order valence-corrected chi connectivity index (χ3v) is 2.38. The van der Waals surface area contributed by atoms with Crippen molar-refractivity contribution in [1.82, 2.24) is 31.3 Å². The number of urea groups is 1. The number of tetrazole rings is 1. The van der Waals surface area contributed by atoms with Crippen LogP contribution in [-0.2, 0) is 4.79 Å². The molecular weight excluding hydrogens is 240 g/mol. The maximum absolute atomic E-state index is 11.4. The minimum Gasteiger partial charge on any atom is -0.481 e. The van der Waals surface area contributed by atoms with Gasteiger partial charge < -0.3 is 15.7 Å². The summed E-state index contributed by atoms with van der Waals surface area (Å²) in [7, 11) is 0. The van der Waals surface area contributed by atoms with Gasteiger partial charge in [0.1, 0.15) is 0 Å². The van der Waals surface area contributed by atoms with E-state index in [9.17, 15) is 9.59 Å². The van der Waals surface area contributed by atoms with Crippen LogP contribution in [0.3, 0.4) is 0 Å². The summed E-state index contributed by atoms with van der Waals surface area (Å²) in [5, 5.41) is 27.0. The van der Waals surface area contributed by atoms with E-state index in [1.165, 1.54) is 0 Å². The summed E-state index contributed by atoms with van der Waals surface area (Å²) >= 11 is 0. The number of carbonyl (C=O) groups excluding carboxylic acids is 1. The van der Waals surface area contributed by atoms with Gasteiger partial charge >= 0.3 is 12.0 Å². The van der Waals surface area contributed by atoms with Gasteiger partial charge in [-0.05, 0) is 13.3 Å². The van der Waals surface area contributed by atoms with E-state index in [0.29, 0.717) is 12.2 Å². The van der Waals surface area contributed by atoms with E-state index in [1.54, 1.807) is 13.8 Å². The number of carboxylic acid groups (broad SMARTS) is 1. The monoisotopic (exact) mass is 256 g/mol. The largest absolute Gasteiger partial charge is 0.481 e. The normalized spacial score (nSPS) is 13.7. The lowest BCUT2D eigenvalue weighted by Crippen LogP contribution is -2.38. The summed E-state index contributed by atoms with van der Waals surface area (Å²) in [6, 6.07) is -0.773. The van der Waals surface area contributed by atoms with Crippen molar-refractivity contribution in [3.05, 3.63) is 5.82 Å². The Kier molecular flexibility index (Phi) is 5.03. The molecule has 9 heteroatoms. The van der Waals surface area contributed by atoms with Crippen LogP contribution < -0.4 is 10.6 Å². The topological polar surface area (TPSA) is 133 Å². The highest BCUT2D eigenvalue weighted by Crippen LogP contribution is 2.03. The van der Waals surface area contributed by atoms with Crippen LogP contribution in [0.4, 0.5) is 4.79 Å². The highest BCUT2D eigenvalue weighted by atomic mass is 16.4. The van der Waals surface area contributed by atoms with Crippen LogP contribution in [0.2, 0.25) is 0 Å². The van der Waals surface area contributed by atoms with Crippen LogP contribution in [0.25, 0.3) is 0 Å². The molecule has 0 spiro atoms. The summed E-state index contributed by atoms with van der Waals surface area (Å²) in [6.07, 6.45) is 0.374. The summed E-state index contributed by atoms with van der Waals surface area (Å²) < 4.78 is 0. The third kappa shape index (κ3) is 4.36. The zero-order valence-corrected chi connectivity index (χ0v) is 10.2. The molecule has 0 aliphatic carbocycles. The minimum atomic E-state index is -0.877. The van der Waals surface area contributed by atoms with E-state index >= 15 is 0 Å². The van der Waals surface area contributed by atoms with E-state index < -0.39 is 17.9 Å². The van der Waals surface area contributed by atoms with E-state index in [2.05, 4.69) is 31.3 Å². The maximum Gasteiger partial charge on any atom is 0.315 e. The van der Waals surface area contributed by atoms with Crippen LogP contribution in [0.5, 0.6) is 0 Å². The fourth-order valence-electron chi connectivity index (χ4n) is 1.19. The van der Waals surface area contributed by atoms with E-state index in [-0.39, 0.29) is 12.6 Å². The summed E-state index contributed by atoms with van der Waals surface area (Å²) in [4.78, 5) is 22.0. The smallest absolute Gasteiger partial charge is 0.315 e. The summed E-state index contributed by atoms with van der Waals surface area (Å²) in [6.45, 7) is 3.59. The molecule has 4 N–H and O–H groups in total. The molecule has 9 nitrogen and oxygen atoms in total. The molecule has 0 aromatic carbocycles. The fourth-order valence-corrected chi connectivity index (χ4v) is 1.19. The first-order chi connectivity index (χ1) is 8.50. The zero-order chi connectivity index (χ0) is 13.5. The van der Waals surface area contributed by atoms with Crippen molar-refractivity contribution in [2.24, 2.45) is 5.92 Å². The van der Waals surface area contributed by atoms with Crippen LogP contribution >= 0.6 is 0 Å².